The van der Waals surface area contributed by atoms with Gasteiger partial charge in [0, 0.05) is 19.3 Å². The third-order valence-corrected chi connectivity index (χ3v) is 2.00. The Labute approximate surface area is 75.9 Å². The summed E-state index contributed by atoms with van der Waals surface area (Å²) in [5.41, 5.74) is 0.659. The minimum Gasteiger partial charge on any atom is -0.369 e. The molecule has 1 aliphatic rings. The maximum absolute atomic E-state index is 12.8. The van der Waals surface area contributed by atoms with Crippen molar-refractivity contribution in [2.24, 2.45) is 0 Å². The molecule has 4 heteroatoms. The number of pyridine rings is 1. The smallest absolute Gasteiger partial charge is 0.126 e. The molecule has 0 spiro atoms. The van der Waals surface area contributed by atoms with Crippen molar-refractivity contribution in [1.82, 2.24) is 10.3 Å². The Kier molecular flexibility index (Phi) is 2.52. The van der Waals surface area contributed by atoms with Gasteiger partial charge in [0.05, 0.1) is 12.3 Å². The van der Waals surface area contributed by atoms with E-state index < -0.39 is 0 Å². The van der Waals surface area contributed by atoms with Crippen LogP contribution in [0.15, 0.2) is 18.3 Å². The number of aromatic nitrogens is 1. The number of hydrogen-bond acceptors (Lipinski definition) is 3. The summed E-state index contributed by atoms with van der Waals surface area (Å²) in [6, 6.07) is 2.75. The molecule has 1 aliphatic heterocycles. The van der Waals surface area contributed by atoms with E-state index in [2.05, 4.69) is 10.3 Å². The molecule has 1 aromatic rings. The standard InChI is InChI=1S/C9H11FN2O/c10-7-1-2-12-8(5-7)9-6-11-3-4-13-9/h1-2,5,9,11H,3-4,6H2. The van der Waals surface area contributed by atoms with Crippen LogP contribution in [0.1, 0.15) is 11.8 Å². The lowest BCUT2D eigenvalue weighted by Gasteiger charge is -2.22. The van der Waals surface area contributed by atoms with Gasteiger partial charge in [-0.05, 0) is 12.1 Å². The number of ether oxygens (including phenoxy) is 1. The molecule has 1 atom stereocenters. The second-order valence-corrected chi connectivity index (χ2v) is 2.96. The molecular weight excluding hydrogens is 171 g/mol. The Bertz CT molecular complexity index is 287. The summed E-state index contributed by atoms with van der Waals surface area (Å²) in [5.74, 6) is -0.265. The maximum Gasteiger partial charge on any atom is 0.126 e. The Morgan fingerprint density at radius 3 is 3.23 bits per heavy atom. The van der Waals surface area contributed by atoms with Crippen LogP contribution in [0.25, 0.3) is 0 Å². The van der Waals surface area contributed by atoms with E-state index in [1.807, 2.05) is 0 Å². The van der Waals surface area contributed by atoms with E-state index in [0.717, 1.165) is 6.54 Å². The predicted octanol–water partition coefficient (Wildman–Crippen LogP) is 0.882. The van der Waals surface area contributed by atoms with Crippen molar-refractivity contribution in [1.29, 1.82) is 0 Å². The van der Waals surface area contributed by atoms with Crippen molar-refractivity contribution in [2.75, 3.05) is 19.7 Å². The van der Waals surface area contributed by atoms with Crippen LogP contribution in [0.5, 0.6) is 0 Å². The lowest BCUT2D eigenvalue weighted by atomic mass is 10.2. The average Bonchev–Trinajstić information content (AvgIpc) is 2.19. The van der Waals surface area contributed by atoms with E-state index >= 15 is 0 Å². The van der Waals surface area contributed by atoms with Crippen LogP contribution < -0.4 is 5.32 Å². The molecule has 0 saturated carbocycles. The van der Waals surface area contributed by atoms with E-state index in [1.165, 1.54) is 18.3 Å². The maximum atomic E-state index is 12.8. The van der Waals surface area contributed by atoms with Gasteiger partial charge in [0.25, 0.3) is 0 Å². The molecule has 2 rings (SSSR count). The van der Waals surface area contributed by atoms with Gasteiger partial charge < -0.3 is 10.1 Å². The van der Waals surface area contributed by atoms with Crippen LogP contribution in [-0.2, 0) is 4.74 Å². The van der Waals surface area contributed by atoms with Crippen molar-refractivity contribution < 1.29 is 9.13 Å². The topological polar surface area (TPSA) is 34.2 Å². The number of nitrogens with zero attached hydrogens (tertiary/aromatic N) is 1. The zero-order valence-corrected chi connectivity index (χ0v) is 7.16. The first kappa shape index (κ1) is 8.59. The fraction of sp³-hybridized carbons (Fsp3) is 0.444. The van der Waals surface area contributed by atoms with Crippen LogP contribution in [0.2, 0.25) is 0 Å². The van der Waals surface area contributed by atoms with Crippen LogP contribution >= 0.6 is 0 Å². The molecule has 1 fully saturated rings. The van der Waals surface area contributed by atoms with Crippen molar-refractivity contribution in [3.8, 4) is 0 Å². The third kappa shape index (κ3) is 2.02. The molecule has 1 N–H and O–H groups in total. The van der Waals surface area contributed by atoms with Crippen LogP contribution in [0, 0.1) is 5.82 Å². The van der Waals surface area contributed by atoms with Gasteiger partial charge in [0.15, 0.2) is 0 Å². The lowest BCUT2D eigenvalue weighted by molar-refractivity contribution is 0.0248. The summed E-state index contributed by atoms with van der Waals surface area (Å²) in [6.45, 7) is 2.21. The first-order chi connectivity index (χ1) is 6.36. The average molecular weight is 182 g/mol. The Morgan fingerprint density at radius 1 is 1.62 bits per heavy atom. The predicted molar refractivity (Wildman–Crippen MR) is 45.8 cm³/mol. The fourth-order valence-corrected chi connectivity index (χ4v) is 1.35. The molecule has 0 aliphatic carbocycles. The zero-order chi connectivity index (χ0) is 9.10. The first-order valence-corrected chi connectivity index (χ1v) is 4.30. The van der Waals surface area contributed by atoms with E-state index in [9.17, 15) is 4.39 Å². The van der Waals surface area contributed by atoms with Crippen molar-refractivity contribution in [3.05, 3.63) is 29.8 Å². The summed E-state index contributed by atoms with van der Waals surface area (Å²) in [5, 5.41) is 3.17. The quantitative estimate of drug-likeness (QED) is 0.700. The molecule has 1 unspecified atom stereocenters. The van der Waals surface area contributed by atoms with E-state index in [4.69, 9.17) is 4.74 Å². The van der Waals surface area contributed by atoms with Gasteiger partial charge in [-0.3, -0.25) is 4.98 Å². The molecule has 13 heavy (non-hydrogen) atoms. The zero-order valence-electron chi connectivity index (χ0n) is 7.16. The van der Waals surface area contributed by atoms with Gasteiger partial charge in [-0.25, -0.2) is 4.39 Å². The monoisotopic (exact) mass is 182 g/mol. The Hall–Kier alpha value is -1.00. The molecule has 2 heterocycles. The summed E-state index contributed by atoms with van der Waals surface area (Å²) in [7, 11) is 0. The highest BCUT2D eigenvalue weighted by molar-refractivity contribution is 5.09. The van der Waals surface area contributed by atoms with Crippen molar-refractivity contribution in [3.63, 3.8) is 0 Å². The van der Waals surface area contributed by atoms with Crippen molar-refractivity contribution >= 4 is 0 Å². The highest BCUT2D eigenvalue weighted by Gasteiger charge is 2.16. The molecule has 1 aromatic heterocycles. The number of rotatable bonds is 1. The summed E-state index contributed by atoms with van der Waals surface area (Å²) >= 11 is 0. The normalized spacial score (nSPS) is 23.0. The minimum atomic E-state index is -0.265. The van der Waals surface area contributed by atoms with Gasteiger partial charge in [0.1, 0.15) is 11.9 Å². The second-order valence-electron chi connectivity index (χ2n) is 2.96. The third-order valence-electron chi connectivity index (χ3n) is 2.00. The largest absolute Gasteiger partial charge is 0.369 e. The van der Waals surface area contributed by atoms with Crippen LogP contribution in [-0.4, -0.2) is 24.7 Å². The number of morpholine rings is 1. The summed E-state index contributed by atoms with van der Waals surface area (Å²) in [6.07, 6.45) is 1.35. The fourth-order valence-electron chi connectivity index (χ4n) is 1.35. The van der Waals surface area contributed by atoms with Gasteiger partial charge in [-0.1, -0.05) is 0 Å². The SMILES string of the molecule is Fc1ccnc(C2CNCCO2)c1. The highest BCUT2D eigenvalue weighted by Crippen LogP contribution is 2.16. The van der Waals surface area contributed by atoms with Gasteiger partial charge in [-0.15, -0.1) is 0 Å². The molecule has 0 bridgehead atoms. The van der Waals surface area contributed by atoms with Crippen LogP contribution in [0.4, 0.5) is 4.39 Å². The Morgan fingerprint density at radius 2 is 2.54 bits per heavy atom. The molecule has 0 aromatic carbocycles. The second kappa shape index (κ2) is 3.81. The van der Waals surface area contributed by atoms with Gasteiger partial charge in [-0.2, -0.15) is 0 Å². The van der Waals surface area contributed by atoms with Gasteiger partial charge >= 0.3 is 0 Å². The van der Waals surface area contributed by atoms with E-state index in [0.29, 0.717) is 18.8 Å². The highest BCUT2D eigenvalue weighted by atomic mass is 19.1. The number of halogens is 1. The first-order valence-electron chi connectivity index (χ1n) is 4.30. The lowest BCUT2D eigenvalue weighted by Crippen LogP contribution is -2.33. The van der Waals surface area contributed by atoms with Gasteiger partial charge in [0.2, 0.25) is 0 Å². The number of nitrogens with one attached hydrogen (secondary N) is 1. The van der Waals surface area contributed by atoms with E-state index in [1.54, 1.807) is 0 Å². The van der Waals surface area contributed by atoms with Crippen molar-refractivity contribution in [2.45, 2.75) is 6.10 Å². The summed E-state index contributed by atoms with van der Waals surface area (Å²) in [4.78, 5) is 4.06. The van der Waals surface area contributed by atoms with E-state index in [-0.39, 0.29) is 11.9 Å². The molecule has 1 saturated heterocycles. The summed E-state index contributed by atoms with van der Waals surface area (Å²) < 4.78 is 18.2. The number of hydrogen-bond donors (Lipinski definition) is 1. The molecule has 3 nitrogen and oxygen atoms in total. The minimum absolute atomic E-state index is 0.107. The molecule has 0 amide bonds. The Balaban J connectivity index is 2.14. The molecule has 0 radical (unpaired) electrons. The van der Waals surface area contributed by atoms with Crippen LogP contribution in [0.3, 0.4) is 0 Å². The molecular formula is C9H11FN2O. The molecule has 70 valence electrons.